The number of aliphatic hydroxyl groups excluding tert-OH is 1. The fourth-order valence-electron chi connectivity index (χ4n) is 1.60. The van der Waals surface area contributed by atoms with Crippen molar-refractivity contribution in [3.63, 3.8) is 0 Å². The molecule has 1 aromatic rings. The Balaban J connectivity index is 2.62. The third kappa shape index (κ3) is 5.89. The molecule has 1 aromatic carbocycles. The maximum Gasteiger partial charge on any atom is 0.140 e. The van der Waals surface area contributed by atoms with Crippen molar-refractivity contribution >= 4 is 11.8 Å². The summed E-state index contributed by atoms with van der Waals surface area (Å²) in [7, 11) is 0. The summed E-state index contributed by atoms with van der Waals surface area (Å²) in [6.45, 7) is 5.47. The third-order valence-corrected chi connectivity index (χ3v) is 3.66. The zero-order chi connectivity index (χ0) is 14.3. The average molecular weight is 289 g/mol. The van der Waals surface area contributed by atoms with E-state index in [4.69, 9.17) is 5.11 Å². The summed E-state index contributed by atoms with van der Waals surface area (Å²) in [6, 6.07) is 2.75. The minimum atomic E-state index is -0.524. The summed E-state index contributed by atoms with van der Waals surface area (Å²) in [5, 5.41) is 11.8. The van der Waals surface area contributed by atoms with Crippen molar-refractivity contribution in [3.8, 4) is 0 Å². The molecule has 0 radical (unpaired) electrons. The molecule has 2 N–H and O–H groups in total. The van der Waals surface area contributed by atoms with Crippen molar-refractivity contribution in [1.82, 2.24) is 5.32 Å². The summed E-state index contributed by atoms with van der Waals surface area (Å²) in [6.07, 6.45) is 0.529. The molecule has 1 rings (SSSR count). The first-order valence-electron chi connectivity index (χ1n) is 6.47. The van der Waals surface area contributed by atoms with Gasteiger partial charge in [-0.15, -0.1) is 11.8 Å². The minimum Gasteiger partial charge on any atom is -0.396 e. The Morgan fingerprint density at radius 1 is 1.26 bits per heavy atom. The van der Waals surface area contributed by atoms with Crippen molar-refractivity contribution in [1.29, 1.82) is 0 Å². The number of aliphatic hydroxyl groups is 1. The van der Waals surface area contributed by atoms with E-state index in [0.717, 1.165) is 18.3 Å². The van der Waals surface area contributed by atoms with Gasteiger partial charge in [-0.3, -0.25) is 0 Å². The molecular weight excluding hydrogens is 268 g/mol. The van der Waals surface area contributed by atoms with E-state index in [-0.39, 0.29) is 11.5 Å². The Hall–Kier alpha value is -0.650. The average Bonchev–Trinajstić information content (AvgIpc) is 2.32. The maximum atomic E-state index is 13.8. The van der Waals surface area contributed by atoms with Gasteiger partial charge in [0.25, 0.3) is 0 Å². The summed E-state index contributed by atoms with van der Waals surface area (Å²) in [4.78, 5) is 0.0426. The van der Waals surface area contributed by atoms with E-state index in [1.54, 1.807) is 0 Å². The Kier molecular flexibility index (Phi) is 7.34. The van der Waals surface area contributed by atoms with E-state index in [0.29, 0.717) is 30.2 Å². The fraction of sp³-hybridized carbons (Fsp3) is 0.571. The standard InChI is InChI=1S/C14H21F2NOS/c1-10(2)8-17-9-11-6-12(15)14(13(16)7-11)19-5-3-4-18/h6-7,10,17-18H,3-5,8-9H2,1-2H3. The van der Waals surface area contributed by atoms with Gasteiger partial charge in [-0.1, -0.05) is 13.8 Å². The number of halogens is 2. The molecule has 0 spiro atoms. The lowest BCUT2D eigenvalue weighted by Gasteiger charge is -2.10. The van der Waals surface area contributed by atoms with Gasteiger partial charge in [0, 0.05) is 18.9 Å². The highest BCUT2D eigenvalue weighted by Gasteiger charge is 2.11. The van der Waals surface area contributed by atoms with Crippen LogP contribution < -0.4 is 5.32 Å². The Morgan fingerprint density at radius 3 is 2.42 bits per heavy atom. The van der Waals surface area contributed by atoms with Gasteiger partial charge in [0.1, 0.15) is 11.6 Å². The zero-order valence-electron chi connectivity index (χ0n) is 11.4. The first-order valence-corrected chi connectivity index (χ1v) is 7.45. The van der Waals surface area contributed by atoms with Gasteiger partial charge in [-0.2, -0.15) is 0 Å². The van der Waals surface area contributed by atoms with E-state index in [1.807, 2.05) is 0 Å². The SMILES string of the molecule is CC(C)CNCc1cc(F)c(SCCCO)c(F)c1. The Bertz CT molecular complexity index is 376. The molecule has 0 amide bonds. The van der Waals surface area contributed by atoms with Gasteiger partial charge in [0.15, 0.2) is 0 Å². The van der Waals surface area contributed by atoms with Gasteiger partial charge in [0.2, 0.25) is 0 Å². The van der Waals surface area contributed by atoms with Gasteiger partial charge in [-0.05, 0) is 36.6 Å². The molecule has 0 aliphatic heterocycles. The molecule has 0 aliphatic rings. The van der Waals surface area contributed by atoms with Crippen LogP contribution in [0.4, 0.5) is 8.78 Å². The quantitative estimate of drug-likeness (QED) is 0.569. The summed E-state index contributed by atoms with van der Waals surface area (Å²) >= 11 is 1.11. The first kappa shape index (κ1) is 16.4. The lowest BCUT2D eigenvalue weighted by Crippen LogP contribution is -2.19. The lowest BCUT2D eigenvalue weighted by molar-refractivity contribution is 0.296. The van der Waals surface area contributed by atoms with E-state index in [2.05, 4.69) is 19.2 Å². The molecule has 0 aromatic heterocycles. The largest absolute Gasteiger partial charge is 0.396 e. The predicted octanol–water partition coefficient (Wildman–Crippen LogP) is 3.18. The van der Waals surface area contributed by atoms with Gasteiger partial charge in [-0.25, -0.2) is 8.78 Å². The number of thioether (sulfide) groups is 1. The van der Waals surface area contributed by atoms with Crippen LogP contribution in [0.5, 0.6) is 0 Å². The molecule has 0 saturated heterocycles. The molecule has 5 heteroatoms. The molecule has 0 saturated carbocycles. The van der Waals surface area contributed by atoms with Crippen LogP contribution in [0.1, 0.15) is 25.8 Å². The van der Waals surface area contributed by atoms with E-state index in [9.17, 15) is 8.78 Å². The molecule has 0 fully saturated rings. The second-order valence-electron chi connectivity index (χ2n) is 4.84. The van der Waals surface area contributed by atoms with Crippen molar-refractivity contribution in [2.45, 2.75) is 31.7 Å². The highest BCUT2D eigenvalue weighted by atomic mass is 32.2. The highest BCUT2D eigenvalue weighted by Crippen LogP contribution is 2.26. The van der Waals surface area contributed by atoms with E-state index < -0.39 is 11.6 Å². The molecule has 19 heavy (non-hydrogen) atoms. The van der Waals surface area contributed by atoms with Crippen LogP contribution in [0.25, 0.3) is 0 Å². The van der Waals surface area contributed by atoms with Gasteiger partial charge < -0.3 is 10.4 Å². The van der Waals surface area contributed by atoms with Crippen molar-refractivity contribution in [2.24, 2.45) is 5.92 Å². The van der Waals surface area contributed by atoms with Crippen LogP contribution in [-0.4, -0.2) is 24.0 Å². The molecule has 0 heterocycles. The minimum absolute atomic E-state index is 0.0352. The van der Waals surface area contributed by atoms with Crippen LogP contribution in [0.15, 0.2) is 17.0 Å². The van der Waals surface area contributed by atoms with E-state index in [1.165, 1.54) is 12.1 Å². The first-order chi connectivity index (χ1) is 9.04. The van der Waals surface area contributed by atoms with Crippen LogP contribution in [-0.2, 0) is 6.54 Å². The smallest absolute Gasteiger partial charge is 0.140 e. The normalized spacial score (nSPS) is 11.3. The van der Waals surface area contributed by atoms with Crippen molar-refractivity contribution in [3.05, 3.63) is 29.3 Å². The fourth-order valence-corrected chi connectivity index (χ4v) is 2.47. The van der Waals surface area contributed by atoms with Crippen molar-refractivity contribution in [2.75, 3.05) is 18.9 Å². The Labute approximate surface area is 117 Å². The molecule has 0 unspecified atom stereocenters. The number of rotatable bonds is 8. The molecule has 108 valence electrons. The maximum absolute atomic E-state index is 13.8. The number of benzene rings is 1. The topological polar surface area (TPSA) is 32.3 Å². The predicted molar refractivity (Wildman–Crippen MR) is 75.3 cm³/mol. The molecule has 0 bridgehead atoms. The van der Waals surface area contributed by atoms with Gasteiger partial charge in [0.05, 0.1) is 4.90 Å². The molecule has 0 atom stereocenters. The lowest BCUT2D eigenvalue weighted by atomic mass is 10.2. The zero-order valence-corrected chi connectivity index (χ0v) is 12.2. The van der Waals surface area contributed by atoms with Crippen molar-refractivity contribution < 1.29 is 13.9 Å². The number of nitrogens with one attached hydrogen (secondary N) is 1. The van der Waals surface area contributed by atoms with Crippen LogP contribution in [0.3, 0.4) is 0 Å². The Morgan fingerprint density at radius 2 is 1.89 bits per heavy atom. The second-order valence-corrected chi connectivity index (χ2v) is 5.94. The summed E-state index contributed by atoms with van der Waals surface area (Å²) < 4.78 is 27.5. The van der Waals surface area contributed by atoms with E-state index >= 15 is 0 Å². The van der Waals surface area contributed by atoms with Crippen LogP contribution in [0, 0.1) is 17.6 Å². The number of hydrogen-bond acceptors (Lipinski definition) is 3. The second kappa shape index (κ2) is 8.51. The summed E-state index contributed by atoms with van der Waals surface area (Å²) in [5.41, 5.74) is 0.613. The number of hydrogen-bond donors (Lipinski definition) is 2. The molecular formula is C14H21F2NOS. The highest BCUT2D eigenvalue weighted by molar-refractivity contribution is 7.99. The van der Waals surface area contributed by atoms with Crippen LogP contribution in [0.2, 0.25) is 0 Å². The van der Waals surface area contributed by atoms with Crippen LogP contribution >= 0.6 is 11.8 Å². The van der Waals surface area contributed by atoms with Gasteiger partial charge >= 0.3 is 0 Å². The monoisotopic (exact) mass is 289 g/mol. The molecule has 0 aliphatic carbocycles. The summed E-state index contributed by atoms with van der Waals surface area (Å²) in [5.74, 6) is -0.0356. The molecule has 2 nitrogen and oxygen atoms in total. The third-order valence-electron chi connectivity index (χ3n) is 2.49.